The molecule has 0 saturated carbocycles. The highest BCUT2D eigenvalue weighted by molar-refractivity contribution is 6.22. The maximum atomic E-state index is 13.0. The van der Waals surface area contributed by atoms with Gasteiger partial charge in [0, 0.05) is 13.0 Å². The number of anilines is 2. The van der Waals surface area contributed by atoms with Gasteiger partial charge in [-0.2, -0.15) is 0 Å². The van der Waals surface area contributed by atoms with E-state index in [1.54, 1.807) is 42.5 Å². The number of hydrogen-bond acceptors (Lipinski definition) is 6. The molecule has 2 aliphatic heterocycles. The first-order valence-corrected chi connectivity index (χ1v) is 11.7. The van der Waals surface area contributed by atoms with Crippen molar-refractivity contribution in [2.24, 2.45) is 23.7 Å². The first-order valence-electron chi connectivity index (χ1n) is 11.7. The summed E-state index contributed by atoms with van der Waals surface area (Å²) in [7, 11) is 1.53. The largest absolute Gasteiger partial charge is 0.495 e. The van der Waals surface area contributed by atoms with Gasteiger partial charge in [-0.15, -0.1) is 0 Å². The normalized spacial score (nSPS) is 25.7. The minimum Gasteiger partial charge on any atom is -0.495 e. The first-order chi connectivity index (χ1) is 16.9. The topological polar surface area (TPSA) is 93.2 Å². The van der Waals surface area contributed by atoms with E-state index in [4.69, 9.17) is 9.47 Å². The number of allylic oxidation sites excluding steroid dienone is 2. The van der Waals surface area contributed by atoms with Gasteiger partial charge in [0.2, 0.25) is 17.7 Å². The second-order valence-corrected chi connectivity index (χ2v) is 9.16. The van der Waals surface area contributed by atoms with Crippen molar-refractivity contribution in [3.63, 3.8) is 0 Å². The fourth-order valence-corrected chi connectivity index (χ4v) is 5.22. The highest BCUT2D eigenvalue weighted by Crippen LogP contribution is 2.40. The van der Waals surface area contributed by atoms with Gasteiger partial charge in [-0.3, -0.25) is 24.1 Å². The molecule has 0 spiro atoms. The standard InChI is InChI=1S/C27H26N2O6/c1-16-6-5-7-20-24(16)26(32)29(25(20)31)18-10-12-19(13-11-18)35-27(33)17-14-23(30)28(15-17)21-8-3-4-9-22(21)34-2/h3-6,8-13,16-17,20,24H,7,14-15H2,1-2H3/t16-,17-,20-,24-/m1/s1. The van der Waals surface area contributed by atoms with E-state index in [1.807, 2.05) is 25.1 Å². The Kier molecular flexibility index (Phi) is 5.88. The maximum Gasteiger partial charge on any atom is 0.316 e. The number of nitrogens with zero attached hydrogens (tertiary/aromatic N) is 2. The van der Waals surface area contributed by atoms with Crippen LogP contribution in [0.3, 0.4) is 0 Å². The summed E-state index contributed by atoms with van der Waals surface area (Å²) in [5.74, 6) is -1.50. The van der Waals surface area contributed by atoms with Crippen LogP contribution >= 0.6 is 0 Å². The number of esters is 1. The van der Waals surface area contributed by atoms with Crippen LogP contribution in [0, 0.1) is 23.7 Å². The van der Waals surface area contributed by atoms with Gasteiger partial charge >= 0.3 is 5.97 Å². The lowest BCUT2D eigenvalue weighted by molar-refractivity contribution is -0.139. The van der Waals surface area contributed by atoms with E-state index in [9.17, 15) is 19.2 Å². The van der Waals surface area contributed by atoms with Crippen LogP contribution in [0.5, 0.6) is 11.5 Å². The number of hydrogen-bond donors (Lipinski definition) is 0. The van der Waals surface area contributed by atoms with Crippen molar-refractivity contribution in [1.29, 1.82) is 0 Å². The average Bonchev–Trinajstić information content (AvgIpc) is 3.37. The molecule has 8 heteroatoms. The lowest BCUT2D eigenvalue weighted by Crippen LogP contribution is -2.31. The maximum absolute atomic E-state index is 13.0. The predicted octanol–water partition coefficient (Wildman–Crippen LogP) is 3.36. The van der Waals surface area contributed by atoms with Gasteiger partial charge in [0.1, 0.15) is 11.5 Å². The molecular formula is C27H26N2O6. The highest BCUT2D eigenvalue weighted by Gasteiger charge is 2.50. The summed E-state index contributed by atoms with van der Waals surface area (Å²) >= 11 is 0. The number of para-hydroxylation sites is 2. The van der Waals surface area contributed by atoms with Crippen molar-refractivity contribution in [3.8, 4) is 11.5 Å². The van der Waals surface area contributed by atoms with Crippen LogP contribution in [-0.4, -0.2) is 37.3 Å². The van der Waals surface area contributed by atoms with Crippen molar-refractivity contribution >= 4 is 35.1 Å². The number of benzene rings is 2. The number of fused-ring (bicyclic) bond motifs is 1. The highest BCUT2D eigenvalue weighted by atomic mass is 16.5. The summed E-state index contributed by atoms with van der Waals surface area (Å²) in [6, 6.07) is 13.5. The van der Waals surface area contributed by atoms with Crippen LogP contribution < -0.4 is 19.3 Å². The Morgan fingerprint density at radius 1 is 1.00 bits per heavy atom. The molecule has 0 N–H and O–H groups in total. The summed E-state index contributed by atoms with van der Waals surface area (Å²) in [4.78, 5) is 54.0. The smallest absolute Gasteiger partial charge is 0.316 e. The molecule has 3 aliphatic rings. The minimum atomic E-state index is -0.620. The lowest BCUT2D eigenvalue weighted by Gasteiger charge is -2.22. The summed E-state index contributed by atoms with van der Waals surface area (Å²) in [6.07, 6.45) is 4.56. The summed E-state index contributed by atoms with van der Waals surface area (Å²) in [5.41, 5.74) is 1.07. The van der Waals surface area contributed by atoms with E-state index in [2.05, 4.69) is 0 Å². The third kappa shape index (κ3) is 3.99. The molecule has 2 aromatic carbocycles. The lowest BCUT2D eigenvalue weighted by atomic mass is 9.78. The van der Waals surface area contributed by atoms with E-state index < -0.39 is 11.9 Å². The molecule has 2 aromatic rings. The second-order valence-electron chi connectivity index (χ2n) is 9.16. The average molecular weight is 475 g/mol. The van der Waals surface area contributed by atoms with Crippen LogP contribution in [0.2, 0.25) is 0 Å². The molecular weight excluding hydrogens is 448 g/mol. The van der Waals surface area contributed by atoms with E-state index in [0.717, 1.165) is 0 Å². The molecule has 2 heterocycles. The van der Waals surface area contributed by atoms with Crippen molar-refractivity contribution in [1.82, 2.24) is 0 Å². The monoisotopic (exact) mass is 474 g/mol. The van der Waals surface area contributed by atoms with Gasteiger partial charge in [-0.1, -0.05) is 31.2 Å². The van der Waals surface area contributed by atoms with Crippen molar-refractivity contribution < 1.29 is 28.7 Å². The molecule has 5 rings (SSSR count). The zero-order valence-electron chi connectivity index (χ0n) is 19.5. The van der Waals surface area contributed by atoms with Gasteiger partial charge in [0.25, 0.3) is 0 Å². The molecule has 0 bridgehead atoms. The Morgan fingerprint density at radius 2 is 1.74 bits per heavy atom. The molecule has 0 radical (unpaired) electrons. The molecule has 0 unspecified atom stereocenters. The first kappa shape index (κ1) is 22.8. The molecule has 3 amide bonds. The van der Waals surface area contributed by atoms with Gasteiger partial charge in [-0.05, 0) is 48.7 Å². The third-order valence-corrected chi connectivity index (χ3v) is 7.02. The molecule has 0 aromatic heterocycles. The molecule has 180 valence electrons. The number of imide groups is 1. The number of amides is 3. The molecule has 35 heavy (non-hydrogen) atoms. The van der Waals surface area contributed by atoms with Crippen LogP contribution in [0.4, 0.5) is 11.4 Å². The summed E-state index contributed by atoms with van der Waals surface area (Å²) < 4.78 is 10.9. The number of rotatable bonds is 5. The Bertz CT molecular complexity index is 1220. The number of ether oxygens (including phenoxy) is 2. The van der Waals surface area contributed by atoms with Gasteiger partial charge in [0.15, 0.2) is 0 Å². The van der Waals surface area contributed by atoms with Gasteiger partial charge in [0.05, 0.1) is 36.2 Å². The molecule has 1 aliphatic carbocycles. The fourth-order valence-electron chi connectivity index (χ4n) is 5.22. The summed E-state index contributed by atoms with van der Waals surface area (Å²) in [6.45, 7) is 2.15. The van der Waals surface area contributed by atoms with Crippen molar-refractivity contribution in [2.45, 2.75) is 19.8 Å². The Morgan fingerprint density at radius 3 is 2.46 bits per heavy atom. The number of methoxy groups -OCH3 is 1. The quantitative estimate of drug-likeness (QED) is 0.286. The zero-order chi connectivity index (χ0) is 24.7. The van der Waals surface area contributed by atoms with Crippen LogP contribution in [0.25, 0.3) is 0 Å². The van der Waals surface area contributed by atoms with Crippen LogP contribution in [0.1, 0.15) is 19.8 Å². The Labute approximate surface area is 203 Å². The van der Waals surface area contributed by atoms with E-state index >= 15 is 0 Å². The van der Waals surface area contributed by atoms with E-state index in [-0.39, 0.29) is 54.2 Å². The third-order valence-electron chi connectivity index (χ3n) is 7.02. The van der Waals surface area contributed by atoms with Crippen molar-refractivity contribution in [3.05, 3.63) is 60.7 Å². The predicted molar refractivity (Wildman–Crippen MR) is 128 cm³/mol. The van der Waals surface area contributed by atoms with E-state index in [0.29, 0.717) is 23.5 Å². The number of carbonyl (C=O) groups is 4. The SMILES string of the molecule is COc1ccccc1N1C[C@H](C(=O)Oc2ccc(N3C(=O)[C@@H]4[C@H](C)C=CC[C@H]4C3=O)cc2)CC1=O. The number of carbonyl (C=O) groups excluding carboxylic acids is 4. The van der Waals surface area contributed by atoms with Gasteiger partial charge in [-0.25, -0.2) is 0 Å². The Hall–Kier alpha value is -3.94. The minimum absolute atomic E-state index is 0.0139. The molecule has 4 atom stereocenters. The zero-order valence-corrected chi connectivity index (χ0v) is 19.5. The Balaban J connectivity index is 1.26. The van der Waals surface area contributed by atoms with E-state index in [1.165, 1.54) is 16.9 Å². The van der Waals surface area contributed by atoms with Crippen LogP contribution in [-0.2, 0) is 19.2 Å². The van der Waals surface area contributed by atoms with Crippen LogP contribution in [0.15, 0.2) is 60.7 Å². The molecule has 8 nitrogen and oxygen atoms in total. The molecule has 2 fully saturated rings. The fraction of sp³-hybridized carbons (Fsp3) is 0.333. The van der Waals surface area contributed by atoms with Crippen molar-refractivity contribution in [2.75, 3.05) is 23.5 Å². The summed E-state index contributed by atoms with van der Waals surface area (Å²) in [5, 5.41) is 0. The van der Waals surface area contributed by atoms with Gasteiger partial charge < -0.3 is 14.4 Å². The second kappa shape index (κ2) is 9.02. The molecule has 2 saturated heterocycles.